The standard InChI is InChI=1S/C22H28F2N4O2.HI/c1-25-22(26-12-15-11-17(30-2)8-9-21(15)29)27-16-5-4-10-28(13-16)14-18-19(23)6-3-7-20(18)24;/h3,6-9,11,16,29H,4-5,10,12-14H2,1-2H3,(H2,25,26,27);1H. The number of halogens is 3. The first kappa shape index (κ1) is 25.1. The van der Waals surface area contributed by atoms with E-state index in [9.17, 15) is 13.9 Å². The lowest BCUT2D eigenvalue weighted by Crippen LogP contribution is -2.50. The number of nitrogens with one attached hydrogen (secondary N) is 2. The monoisotopic (exact) mass is 546 g/mol. The van der Waals surface area contributed by atoms with Crippen molar-refractivity contribution in [3.8, 4) is 11.5 Å². The minimum atomic E-state index is -0.513. The number of hydrogen-bond acceptors (Lipinski definition) is 4. The highest BCUT2D eigenvalue weighted by Gasteiger charge is 2.22. The molecule has 1 heterocycles. The summed E-state index contributed by atoms with van der Waals surface area (Å²) < 4.78 is 33.1. The number of phenolic OH excluding ortho intramolecular Hbond substituents is 1. The van der Waals surface area contributed by atoms with Crippen LogP contribution in [0.1, 0.15) is 24.0 Å². The fraction of sp³-hybridized carbons (Fsp3) is 0.409. The Morgan fingerprint density at radius 3 is 2.68 bits per heavy atom. The molecule has 170 valence electrons. The predicted molar refractivity (Wildman–Crippen MR) is 128 cm³/mol. The fourth-order valence-electron chi connectivity index (χ4n) is 3.62. The maximum absolute atomic E-state index is 14.0. The third kappa shape index (κ3) is 6.93. The SMILES string of the molecule is CN=C(NCc1cc(OC)ccc1O)NC1CCCN(Cc2c(F)cccc2F)C1.I. The molecule has 1 aliphatic heterocycles. The van der Waals surface area contributed by atoms with Crippen LogP contribution in [0.4, 0.5) is 8.78 Å². The van der Waals surface area contributed by atoms with Gasteiger partial charge in [0.2, 0.25) is 0 Å². The smallest absolute Gasteiger partial charge is 0.191 e. The number of piperidine rings is 1. The number of benzene rings is 2. The van der Waals surface area contributed by atoms with Crippen LogP contribution >= 0.6 is 24.0 Å². The molecule has 3 N–H and O–H groups in total. The van der Waals surface area contributed by atoms with Gasteiger partial charge in [-0.25, -0.2) is 8.78 Å². The first-order chi connectivity index (χ1) is 14.5. The minimum Gasteiger partial charge on any atom is -0.508 e. The molecule has 1 aliphatic rings. The molecule has 0 aromatic heterocycles. The van der Waals surface area contributed by atoms with E-state index in [2.05, 4.69) is 15.6 Å². The summed E-state index contributed by atoms with van der Waals surface area (Å²) in [5.41, 5.74) is 0.798. The quantitative estimate of drug-likeness (QED) is 0.294. The topological polar surface area (TPSA) is 69.1 Å². The third-order valence-electron chi connectivity index (χ3n) is 5.25. The van der Waals surface area contributed by atoms with Crippen LogP contribution in [0.5, 0.6) is 11.5 Å². The van der Waals surface area contributed by atoms with Crippen molar-refractivity contribution in [3.05, 3.63) is 59.2 Å². The summed E-state index contributed by atoms with van der Waals surface area (Å²) >= 11 is 0. The van der Waals surface area contributed by atoms with Gasteiger partial charge in [0.1, 0.15) is 23.1 Å². The number of guanidine groups is 1. The molecule has 1 saturated heterocycles. The van der Waals surface area contributed by atoms with E-state index in [1.54, 1.807) is 32.4 Å². The molecule has 1 atom stereocenters. The van der Waals surface area contributed by atoms with Gasteiger partial charge in [-0.3, -0.25) is 9.89 Å². The summed E-state index contributed by atoms with van der Waals surface area (Å²) in [4.78, 5) is 6.30. The minimum absolute atomic E-state index is 0. The van der Waals surface area contributed by atoms with E-state index in [-0.39, 0.29) is 47.9 Å². The van der Waals surface area contributed by atoms with Crippen molar-refractivity contribution in [2.45, 2.75) is 32.0 Å². The van der Waals surface area contributed by atoms with Crippen molar-refractivity contribution in [3.63, 3.8) is 0 Å². The van der Waals surface area contributed by atoms with Crippen molar-refractivity contribution < 1.29 is 18.6 Å². The predicted octanol–water partition coefficient (Wildman–Crippen LogP) is 3.63. The number of hydrogen-bond donors (Lipinski definition) is 3. The van der Waals surface area contributed by atoms with Crippen LogP contribution in [-0.4, -0.2) is 49.3 Å². The fourth-order valence-corrected chi connectivity index (χ4v) is 3.62. The molecule has 0 saturated carbocycles. The highest BCUT2D eigenvalue weighted by molar-refractivity contribution is 14.0. The first-order valence-electron chi connectivity index (χ1n) is 9.98. The number of likely N-dealkylation sites (tertiary alicyclic amines) is 1. The van der Waals surface area contributed by atoms with Gasteiger partial charge >= 0.3 is 0 Å². The van der Waals surface area contributed by atoms with Crippen molar-refractivity contribution >= 4 is 29.9 Å². The van der Waals surface area contributed by atoms with Crippen molar-refractivity contribution in [1.82, 2.24) is 15.5 Å². The number of nitrogens with zero attached hydrogens (tertiary/aromatic N) is 2. The zero-order chi connectivity index (χ0) is 21.5. The van der Waals surface area contributed by atoms with Gasteiger partial charge in [-0.2, -0.15) is 0 Å². The van der Waals surface area contributed by atoms with E-state index >= 15 is 0 Å². The van der Waals surface area contributed by atoms with Crippen molar-refractivity contribution in [2.24, 2.45) is 4.99 Å². The third-order valence-corrected chi connectivity index (χ3v) is 5.25. The second-order valence-corrected chi connectivity index (χ2v) is 7.34. The van der Waals surface area contributed by atoms with E-state index in [1.807, 2.05) is 4.90 Å². The average molecular weight is 546 g/mol. The number of methoxy groups -OCH3 is 1. The van der Waals surface area contributed by atoms with Gasteiger partial charge in [-0.1, -0.05) is 6.07 Å². The Morgan fingerprint density at radius 1 is 1.26 bits per heavy atom. The van der Waals surface area contributed by atoms with Crippen molar-refractivity contribution in [2.75, 3.05) is 27.2 Å². The molecule has 1 fully saturated rings. The summed E-state index contributed by atoms with van der Waals surface area (Å²) in [6.45, 7) is 2.05. The molecule has 9 heteroatoms. The Bertz CT molecular complexity index is 878. The van der Waals surface area contributed by atoms with E-state index in [4.69, 9.17) is 4.74 Å². The van der Waals surface area contributed by atoms with Gasteiger partial charge < -0.3 is 20.5 Å². The van der Waals surface area contributed by atoms with Gasteiger partial charge in [0.05, 0.1) is 7.11 Å². The molecule has 31 heavy (non-hydrogen) atoms. The normalized spacial score (nSPS) is 17.0. The second kappa shape index (κ2) is 12.0. The lowest BCUT2D eigenvalue weighted by Gasteiger charge is -2.34. The summed E-state index contributed by atoms with van der Waals surface area (Å²) in [5, 5.41) is 16.6. The molecule has 0 amide bonds. The van der Waals surface area contributed by atoms with Gasteiger partial charge in [-0.05, 0) is 49.7 Å². The van der Waals surface area contributed by atoms with E-state index < -0.39 is 11.6 Å². The molecule has 0 spiro atoms. The number of phenols is 1. The molecule has 0 bridgehead atoms. The molecule has 0 radical (unpaired) electrons. The molecule has 2 aromatic carbocycles. The Kier molecular flexibility index (Phi) is 9.76. The van der Waals surface area contributed by atoms with Crippen LogP contribution in [0.2, 0.25) is 0 Å². The maximum Gasteiger partial charge on any atom is 0.191 e. The Balaban J connectivity index is 0.00000341. The molecule has 1 unspecified atom stereocenters. The second-order valence-electron chi connectivity index (χ2n) is 7.34. The van der Waals surface area contributed by atoms with Gasteiger partial charge in [0.25, 0.3) is 0 Å². The van der Waals surface area contributed by atoms with E-state index in [1.165, 1.54) is 18.2 Å². The Hall–Kier alpha value is -2.14. The Morgan fingerprint density at radius 2 is 2.00 bits per heavy atom. The number of aliphatic imine (C=N–C) groups is 1. The van der Waals surface area contributed by atoms with E-state index in [0.29, 0.717) is 30.4 Å². The molecular formula is C22H29F2IN4O2. The average Bonchev–Trinajstić information content (AvgIpc) is 2.75. The largest absolute Gasteiger partial charge is 0.508 e. The molecule has 2 aromatic rings. The zero-order valence-electron chi connectivity index (χ0n) is 17.7. The summed E-state index contributed by atoms with van der Waals surface area (Å²) in [7, 11) is 3.25. The van der Waals surface area contributed by atoms with Crippen LogP contribution in [0.3, 0.4) is 0 Å². The maximum atomic E-state index is 14.0. The molecule has 0 aliphatic carbocycles. The van der Waals surface area contributed by atoms with Crippen LogP contribution < -0.4 is 15.4 Å². The lowest BCUT2D eigenvalue weighted by molar-refractivity contribution is 0.188. The highest BCUT2D eigenvalue weighted by Crippen LogP contribution is 2.22. The summed E-state index contributed by atoms with van der Waals surface area (Å²) in [6, 6.07) is 9.10. The Labute approximate surface area is 198 Å². The number of ether oxygens (including phenoxy) is 1. The van der Waals surface area contributed by atoms with Gasteiger partial charge in [0, 0.05) is 43.9 Å². The number of aromatic hydroxyl groups is 1. The zero-order valence-corrected chi connectivity index (χ0v) is 20.0. The molecule has 6 nitrogen and oxygen atoms in total. The van der Waals surface area contributed by atoms with Crippen molar-refractivity contribution in [1.29, 1.82) is 0 Å². The molecule has 3 rings (SSSR count). The molecular weight excluding hydrogens is 517 g/mol. The summed E-state index contributed by atoms with van der Waals surface area (Å²) in [6.07, 6.45) is 1.85. The van der Waals surface area contributed by atoms with Crippen LogP contribution in [0, 0.1) is 11.6 Å². The first-order valence-corrected chi connectivity index (χ1v) is 9.98. The van der Waals surface area contributed by atoms with Gasteiger partial charge in [-0.15, -0.1) is 24.0 Å². The summed E-state index contributed by atoms with van der Waals surface area (Å²) in [5.74, 6) is 0.410. The van der Waals surface area contributed by atoms with Crippen LogP contribution in [0.15, 0.2) is 41.4 Å². The lowest BCUT2D eigenvalue weighted by atomic mass is 10.0. The van der Waals surface area contributed by atoms with E-state index in [0.717, 1.165) is 19.4 Å². The highest BCUT2D eigenvalue weighted by atomic mass is 127. The van der Waals surface area contributed by atoms with Gasteiger partial charge in [0.15, 0.2) is 5.96 Å². The van der Waals surface area contributed by atoms with Crippen LogP contribution in [0.25, 0.3) is 0 Å². The van der Waals surface area contributed by atoms with Crippen LogP contribution in [-0.2, 0) is 13.1 Å². The number of rotatable bonds is 6.